The van der Waals surface area contributed by atoms with Crippen molar-refractivity contribution in [3.63, 3.8) is 0 Å². The summed E-state index contributed by atoms with van der Waals surface area (Å²) in [5.41, 5.74) is 12.8. The van der Waals surface area contributed by atoms with Crippen LogP contribution in [0, 0.1) is 24.7 Å². The van der Waals surface area contributed by atoms with Crippen LogP contribution in [0.1, 0.15) is 45.9 Å². The van der Waals surface area contributed by atoms with E-state index in [1.54, 1.807) is 0 Å². The van der Waals surface area contributed by atoms with Gasteiger partial charge in [-0.1, -0.05) is 140 Å². The Kier molecular flexibility index (Phi) is 7.17. The molecule has 0 atom stereocenters. The molecule has 6 aromatic rings. The Hall–Kier alpha value is -5.96. The fourth-order valence-corrected chi connectivity index (χ4v) is 8.28. The van der Waals surface area contributed by atoms with Gasteiger partial charge in [0.1, 0.15) is 24.7 Å². The van der Waals surface area contributed by atoms with E-state index in [2.05, 4.69) is 146 Å². The third-order valence-corrected chi connectivity index (χ3v) is 10.2. The maximum Gasteiger partial charge on any atom is 0.148 e. The molecule has 0 fully saturated rings. The van der Waals surface area contributed by atoms with Crippen LogP contribution in [0.3, 0.4) is 0 Å². The summed E-state index contributed by atoms with van der Waals surface area (Å²) < 4.78 is 12.1. The molecule has 230 valence electrons. The fraction of sp³-hybridized carbons (Fsp3) is 0.130. The topological polar surface area (TPSA) is 18.5 Å². The van der Waals surface area contributed by atoms with E-state index >= 15 is 0 Å². The first-order valence-corrected chi connectivity index (χ1v) is 16.3. The van der Waals surface area contributed by atoms with Crippen molar-refractivity contribution in [3.8, 4) is 58.4 Å². The van der Waals surface area contributed by atoms with Gasteiger partial charge in [0.05, 0.1) is 5.41 Å². The Balaban J connectivity index is 1.36. The molecule has 0 amide bonds. The lowest BCUT2D eigenvalue weighted by Gasteiger charge is -2.35. The van der Waals surface area contributed by atoms with Gasteiger partial charge < -0.3 is 9.47 Å². The van der Waals surface area contributed by atoms with Crippen molar-refractivity contribution in [3.05, 3.63) is 178 Å². The van der Waals surface area contributed by atoms with Crippen molar-refractivity contribution < 1.29 is 9.47 Å². The van der Waals surface area contributed by atoms with Gasteiger partial charge in [-0.2, -0.15) is 0 Å². The monoisotopic (exact) mass is 618 g/mol. The van der Waals surface area contributed by atoms with Crippen molar-refractivity contribution in [2.75, 3.05) is 13.2 Å². The van der Waals surface area contributed by atoms with Crippen LogP contribution in [0.5, 0.6) is 11.5 Å². The summed E-state index contributed by atoms with van der Waals surface area (Å²) in [5.74, 6) is 6.81. The van der Waals surface area contributed by atoms with Gasteiger partial charge in [-0.05, 0) is 85.8 Å². The Morgan fingerprint density at radius 1 is 0.521 bits per heavy atom. The lowest BCUT2D eigenvalue weighted by Crippen LogP contribution is -2.29. The molecule has 48 heavy (non-hydrogen) atoms. The second-order valence-electron chi connectivity index (χ2n) is 12.8. The number of hydrogen-bond donors (Lipinski definition) is 0. The van der Waals surface area contributed by atoms with Crippen LogP contribution in [-0.4, -0.2) is 13.2 Å². The number of rotatable bonds is 8. The summed E-state index contributed by atoms with van der Waals surface area (Å²) in [6, 6.07) is 50.2. The third kappa shape index (κ3) is 4.38. The van der Waals surface area contributed by atoms with Gasteiger partial charge in [0.15, 0.2) is 0 Å². The third-order valence-electron chi connectivity index (χ3n) is 10.2. The Morgan fingerprint density at radius 3 is 1.52 bits per heavy atom. The van der Waals surface area contributed by atoms with Crippen LogP contribution < -0.4 is 9.47 Å². The van der Waals surface area contributed by atoms with E-state index in [-0.39, 0.29) is 18.6 Å². The molecular weight excluding hydrogens is 585 g/mol. The predicted molar refractivity (Wildman–Crippen MR) is 194 cm³/mol. The summed E-state index contributed by atoms with van der Waals surface area (Å²) in [7, 11) is 0. The molecular formula is C46H34O2. The number of ether oxygens (including phenoxy) is 2. The van der Waals surface area contributed by atoms with Crippen molar-refractivity contribution in [1.29, 1.82) is 0 Å². The molecule has 2 heteroatoms. The molecule has 0 saturated carbocycles. The average molecular weight is 619 g/mol. The lowest BCUT2D eigenvalue weighted by atomic mass is 9.67. The molecule has 0 aromatic heterocycles. The summed E-state index contributed by atoms with van der Waals surface area (Å²) in [4.78, 5) is 0. The van der Waals surface area contributed by atoms with E-state index in [0.717, 1.165) is 29.0 Å². The van der Waals surface area contributed by atoms with Gasteiger partial charge in [-0.25, -0.2) is 0 Å². The lowest BCUT2D eigenvalue weighted by molar-refractivity contribution is 0.363. The van der Waals surface area contributed by atoms with Gasteiger partial charge in [0, 0.05) is 5.41 Å². The molecule has 0 unspecified atom stereocenters. The minimum Gasteiger partial charge on any atom is -0.481 e. The second kappa shape index (κ2) is 11.7. The van der Waals surface area contributed by atoms with Crippen LogP contribution in [0.15, 0.2) is 140 Å². The first-order valence-electron chi connectivity index (χ1n) is 16.3. The summed E-state index contributed by atoms with van der Waals surface area (Å²) in [6.07, 6.45) is 12.0. The largest absolute Gasteiger partial charge is 0.481 e. The summed E-state index contributed by atoms with van der Waals surface area (Å²) in [5, 5.41) is 0. The van der Waals surface area contributed by atoms with Crippen LogP contribution in [0.4, 0.5) is 0 Å². The SMILES string of the molecule is C#CCOc1ccc(C2(c3ccc(OCC#C)c(CC4(C)c5ccccc5-c5ccccc54)c3)c3ccccc3-c3ccccc32)cc1. The zero-order chi connectivity index (χ0) is 32.7. The molecule has 2 aliphatic rings. The molecule has 2 nitrogen and oxygen atoms in total. The standard InChI is InChI=1S/C46H34O2/c1-4-28-47-35-25-22-33(23-26-35)46(42-20-12-8-16-38(42)39-17-9-13-21-43(39)46)34-24-27-44(48-29-5-2)32(30-34)31-45(3)40-18-10-6-14-36(40)37-15-7-11-19-41(37)45/h1-2,6-27,30H,28-29,31H2,3H3. The quantitative estimate of drug-likeness (QED) is 0.158. The van der Waals surface area contributed by atoms with Crippen LogP contribution in [-0.2, 0) is 17.3 Å². The molecule has 0 radical (unpaired) electrons. The molecule has 0 bridgehead atoms. The minimum absolute atomic E-state index is 0.201. The highest BCUT2D eigenvalue weighted by Crippen LogP contribution is 2.57. The first kappa shape index (κ1) is 29.4. The minimum atomic E-state index is -0.580. The number of terminal acetylenes is 2. The summed E-state index contributed by atoms with van der Waals surface area (Å²) >= 11 is 0. The van der Waals surface area contributed by atoms with E-state index in [9.17, 15) is 0 Å². The van der Waals surface area contributed by atoms with Crippen molar-refractivity contribution >= 4 is 0 Å². The second-order valence-corrected chi connectivity index (χ2v) is 12.8. The highest BCUT2D eigenvalue weighted by molar-refractivity contribution is 5.86. The van der Waals surface area contributed by atoms with Gasteiger partial charge in [0.25, 0.3) is 0 Å². The maximum absolute atomic E-state index is 6.30. The van der Waals surface area contributed by atoms with E-state index < -0.39 is 5.41 Å². The maximum atomic E-state index is 6.30. The van der Waals surface area contributed by atoms with Crippen molar-refractivity contribution in [2.45, 2.75) is 24.2 Å². The normalized spacial score (nSPS) is 14.1. The number of benzene rings is 6. The van der Waals surface area contributed by atoms with E-state index in [0.29, 0.717) is 0 Å². The van der Waals surface area contributed by atoms with Gasteiger partial charge in [0.2, 0.25) is 0 Å². The van der Waals surface area contributed by atoms with Crippen LogP contribution >= 0.6 is 0 Å². The predicted octanol–water partition coefficient (Wildman–Crippen LogP) is 9.60. The van der Waals surface area contributed by atoms with Gasteiger partial charge >= 0.3 is 0 Å². The van der Waals surface area contributed by atoms with Crippen LogP contribution in [0.2, 0.25) is 0 Å². The average Bonchev–Trinajstić information content (AvgIpc) is 3.58. The highest BCUT2D eigenvalue weighted by atomic mass is 16.5. The zero-order valence-corrected chi connectivity index (χ0v) is 26.9. The molecule has 0 N–H and O–H groups in total. The molecule has 6 aromatic carbocycles. The molecule has 0 spiro atoms. The molecule has 2 aliphatic carbocycles. The zero-order valence-electron chi connectivity index (χ0n) is 26.9. The van der Waals surface area contributed by atoms with Crippen LogP contribution in [0.25, 0.3) is 22.3 Å². The Labute approximate surface area is 283 Å². The van der Waals surface area contributed by atoms with Crippen molar-refractivity contribution in [2.24, 2.45) is 0 Å². The molecule has 0 aliphatic heterocycles. The van der Waals surface area contributed by atoms with E-state index in [1.807, 2.05) is 12.1 Å². The van der Waals surface area contributed by atoms with Crippen molar-refractivity contribution in [1.82, 2.24) is 0 Å². The Morgan fingerprint density at radius 2 is 0.979 bits per heavy atom. The van der Waals surface area contributed by atoms with E-state index in [4.69, 9.17) is 22.3 Å². The molecule has 8 rings (SSSR count). The molecule has 0 heterocycles. The Bertz CT molecular complexity index is 2170. The molecule has 0 saturated heterocycles. The first-order chi connectivity index (χ1) is 23.6. The summed E-state index contributed by atoms with van der Waals surface area (Å²) in [6.45, 7) is 2.79. The number of hydrogen-bond acceptors (Lipinski definition) is 2. The number of fused-ring (bicyclic) bond motifs is 6. The highest BCUT2D eigenvalue weighted by Gasteiger charge is 2.47. The fourth-order valence-electron chi connectivity index (χ4n) is 8.28. The van der Waals surface area contributed by atoms with Gasteiger partial charge in [-0.3, -0.25) is 0 Å². The van der Waals surface area contributed by atoms with Gasteiger partial charge in [-0.15, -0.1) is 12.8 Å². The van der Waals surface area contributed by atoms with E-state index in [1.165, 1.54) is 50.1 Å². The smallest absolute Gasteiger partial charge is 0.148 e.